The Morgan fingerprint density at radius 3 is 3.19 bits per heavy atom. The van der Waals surface area contributed by atoms with Gasteiger partial charge in [0.05, 0.1) is 29.5 Å². The number of benzene rings is 1. The van der Waals surface area contributed by atoms with Crippen LogP contribution < -0.4 is 5.32 Å². The molecule has 4 nitrogen and oxygen atoms in total. The first-order valence-corrected chi connectivity index (χ1v) is 7.72. The van der Waals surface area contributed by atoms with Gasteiger partial charge >= 0.3 is 0 Å². The molecular formula is C16H20ClN3O. The molecule has 2 N–H and O–H groups in total. The van der Waals surface area contributed by atoms with E-state index in [9.17, 15) is 5.11 Å². The van der Waals surface area contributed by atoms with E-state index in [1.54, 1.807) is 0 Å². The number of aliphatic hydroxyl groups excluding tert-OH is 1. The van der Waals surface area contributed by atoms with Crippen molar-refractivity contribution in [1.82, 2.24) is 14.9 Å². The number of nitrogens with one attached hydrogen (secondary N) is 1. The highest BCUT2D eigenvalue weighted by atomic mass is 35.5. The molecule has 2 atom stereocenters. The summed E-state index contributed by atoms with van der Waals surface area (Å²) in [4.78, 5) is 4.44. The molecule has 1 aliphatic rings. The number of aryl methyl sites for hydroxylation is 1. The van der Waals surface area contributed by atoms with Crippen molar-refractivity contribution in [2.45, 2.75) is 38.5 Å². The first-order chi connectivity index (χ1) is 10.2. The molecule has 2 aromatic rings. The monoisotopic (exact) mass is 305 g/mol. The van der Waals surface area contributed by atoms with E-state index < -0.39 is 0 Å². The number of piperidine rings is 1. The maximum absolute atomic E-state index is 9.92. The molecular weight excluding hydrogens is 286 g/mol. The molecule has 1 aromatic carbocycles. The van der Waals surface area contributed by atoms with Crippen molar-refractivity contribution < 1.29 is 5.11 Å². The zero-order valence-electron chi connectivity index (χ0n) is 12.1. The van der Waals surface area contributed by atoms with Crippen molar-refractivity contribution >= 4 is 22.6 Å². The van der Waals surface area contributed by atoms with Gasteiger partial charge in [-0.2, -0.15) is 0 Å². The normalized spacial score (nSPS) is 23.2. The van der Waals surface area contributed by atoms with Gasteiger partial charge in [-0.15, -0.1) is 0 Å². The van der Waals surface area contributed by atoms with Gasteiger partial charge in [0.25, 0.3) is 0 Å². The predicted molar refractivity (Wildman–Crippen MR) is 85.7 cm³/mol. The summed E-state index contributed by atoms with van der Waals surface area (Å²) in [6.07, 6.45) is 7.60. The second kappa shape index (κ2) is 6.18. The minimum absolute atomic E-state index is 0.0599. The van der Waals surface area contributed by atoms with E-state index in [-0.39, 0.29) is 12.1 Å². The van der Waals surface area contributed by atoms with E-state index >= 15 is 0 Å². The van der Waals surface area contributed by atoms with Crippen LogP contribution in [-0.2, 0) is 6.54 Å². The number of aliphatic hydroxyl groups is 1. The molecule has 5 heteroatoms. The van der Waals surface area contributed by atoms with Gasteiger partial charge < -0.3 is 15.0 Å². The number of fused-ring (bicyclic) bond motifs is 1. The fourth-order valence-electron chi connectivity index (χ4n) is 2.80. The van der Waals surface area contributed by atoms with Crippen LogP contribution in [0.3, 0.4) is 0 Å². The van der Waals surface area contributed by atoms with Crippen LogP contribution in [-0.4, -0.2) is 33.3 Å². The quantitative estimate of drug-likeness (QED) is 0.857. The van der Waals surface area contributed by atoms with Crippen molar-refractivity contribution in [3.63, 3.8) is 0 Å². The maximum Gasteiger partial charge on any atom is 0.0961 e. The second-order valence-electron chi connectivity index (χ2n) is 5.55. The third kappa shape index (κ3) is 2.98. The Kier molecular flexibility index (Phi) is 4.29. The van der Waals surface area contributed by atoms with Crippen molar-refractivity contribution in [1.29, 1.82) is 0 Å². The largest absolute Gasteiger partial charge is 0.391 e. The molecule has 21 heavy (non-hydrogen) atoms. The van der Waals surface area contributed by atoms with E-state index in [1.165, 1.54) is 0 Å². The SMILES string of the molecule is Cc1c(Cl)ccc2c1ncn2C/C=C/[C@H]1NCCC[C@@H]1O. The van der Waals surface area contributed by atoms with Crippen molar-refractivity contribution in [3.8, 4) is 0 Å². The number of hydrogen-bond acceptors (Lipinski definition) is 3. The first-order valence-electron chi connectivity index (χ1n) is 7.35. The summed E-state index contributed by atoms with van der Waals surface area (Å²) in [6.45, 7) is 3.69. The average Bonchev–Trinajstić information content (AvgIpc) is 2.89. The van der Waals surface area contributed by atoms with Crippen molar-refractivity contribution in [2.24, 2.45) is 0 Å². The molecule has 0 bridgehead atoms. The van der Waals surface area contributed by atoms with Gasteiger partial charge in [0.1, 0.15) is 0 Å². The van der Waals surface area contributed by atoms with Crippen LogP contribution in [0.5, 0.6) is 0 Å². The summed E-state index contributed by atoms with van der Waals surface area (Å²) in [5, 5.41) is 14.0. The van der Waals surface area contributed by atoms with Gasteiger partial charge in [0.2, 0.25) is 0 Å². The molecule has 1 saturated heterocycles. The molecule has 1 aromatic heterocycles. The summed E-state index contributed by atoms with van der Waals surface area (Å²) in [7, 11) is 0. The van der Waals surface area contributed by atoms with E-state index in [4.69, 9.17) is 11.6 Å². The lowest BCUT2D eigenvalue weighted by molar-refractivity contribution is 0.115. The van der Waals surface area contributed by atoms with Gasteiger partial charge in [-0.25, -0.2) is 4.98 Å². The molecule has 0 spiro atoms. The summed E-state index contributed by atoms with van der Waals surface area (Å²) in [5.74, 6) is 0. The van der Waals surface area contributed by atoms with Gasteiger partial charge in [0, 0.05) is 11.6 Å². The third-order valence-corrected chi connectivity index (χ3v) is 4.51. The summed E-state index contributed by atoms with van der Waals surface area (Å²) < 4.78 is 2.09. The highest BCUT2D eigenvalue weighted by Crippen LogP contribution is 2.24. The van der Waals surface area contributed by atoms with Crippen LogP contribution in [0.4, 0.5) is 0 Å². The Labute approximate surface area is 129 Å². The van der Waals surface area contributed by atoms with Gasteiger partial charge in [0.15, 0.2) is 0 Å². The Morgan fingerprint density at radius 1 is 1.52 bits per heavy atom. The van der Waals surface area contributed by atoms with E-state index in [1.807, 2.05) is 25.4 Å². The van der Waals surface area contributed by atoms with Crippen LogP contribution in [0.2, 0.25) is 5.02 Å². The average molecular weight is 306 g/mol. The van der Waals surface area contributed by atoms with Gasteiger partial charge in [-0.1, -0.05) is 23.8 Å². The molecule has 0 unspecified atom stereocenters. The third-order valence-electron chi connectivity index (χ3n) is 4.10. The van der Waals surface area contributed by atoms with Gasteiger partial charge in [-0.3, -0.25) is 0 Å². The Balaban J connectivity index is 1.75. The van der Waals surface area contributed by atoms with E-state index in [0.29, 0.717) is 0 Å². The predicted octanol–water partition coefficient (Wildman–Crippen LogP) is 2.67. The number of rotatable bonds is 3. The molecule has 112 valence electrons. The molecule has 0 amide bonds. The molecule has 0 aliphatic carbocycles. The smallest absolute Gasteiger partial charge is 0.0961 e. The lowest BCUT2D eigenvalue weighted by atomic mass is 10.0. The number of allylic oxidation sites excluding steroid dienone is 1. The fourth-order valence-corrected chi connectivity index (χ4v) is 2.96. The molecule has 2 heterocycles. The molecule has 3 rings (SSSR count). The highest BCUT2D eigenvalue weighted by molar-refractivity contribution is 6.32. The lowest BCUT2D eigenvalue weighted by Crippen LogP contribution is -2.43. The summed E-state index contributed by atoms with van der Waals surface area (Å²) in [6, 6.07) is 3.97. The van der Waals surface area contributed by atoms with E-state index in [0.717, 1.165) is 47.6 Å². The van der Waals surface area contributed by atoms with E-state index in [2.05, 4.69) is 27.0 Å². The Morgan fingerprint density at radius 2 is 2.38 bits per heavy atom. The first kappa shape index (κ1) is 14.6. The number of nitrogens with zero attached hydrogens (tertiary/aromatic N) is 2. The number of imidazole rings is 1. The maximum atomic E-state index is 9.92. The number of aromatic nitrogens is 2. The Hall–Kier alpha value is -1.36. The number of halogens is 1. The van der Waals surface area contributed by atoms with Crippen LogP contribution in [0, 0.1) is 6.92 Å². The summed E-state index contributed by atoms with van der Waals surface area (Å²) >= 11 is 6.12. The van der Waals surface area contributed by atoms with Crippen molar-refractivity contribution in [2.75, 3.05) is 6.54 Å². The van der Waals surface area contributed by atoms with Crippen LogP contribution in [0.25, 0.3) is 11.0 Å². The minimum Gasteiger partial charge on any atom is -0.391 e. The highest BCUT2D eigenvalue weighted by Gasteiger charge is 2.19. The van der Waals surface area contributed by atoms with Crippen molar-refractivity contribution in [3.05, 3.63) is 41.2 Å². The standard InChI is InChI=1S/C16H20ClN3O/c1-11-12(17)6-7-14-16(11)19-10-20(14)9-3-4-13-15(21)5-2-8-18-13/h3-4,6-7,10,13,15,18,21H,2,5,8-9H2,1H3/b4-3+/t13-,15+/m1/s1. The topological polar surface area (TPSA) is 50.1 Å². The lowest BCUT2D eigenvalue weighted by Gasteiger charge is -2.26. The molecule has 1 aliphatic heterocycles. The zero-order valence-corrected chi connectivity index (χ0v) is 12.8. The Bertz CT molecular complexity index is 665. The second-order valence-corrected chi connectivity index (χ2v) is 5.96. The van der Waals surface area contributed by atoms with Crippen LogP contribution in [0.1, 0.15) is 18.4 Å². The van der Waals surface area contributed by atoms with Crippen LogP contribution in [0.15, 0.2) is 30.6 Å². The molecule has 1 fully saturated rings. The van der Waals surface area contributed by atoms with Crippen LogP contribution >= 0.6 is 11.6 Å². The summed E-state index contributed by atoms with van der Waals surface area (Å²) in [5.41, 5.74) is 3.05. The molecule has 0 radical (unpaired) electrons. The molecule has 0 saturated carbocycles. The van der Waals surface area contributed by atoms with Gasteiger partial charge in [-0.05, 0) is 44.0 Å². The zero-order chi connectivity index (χ0) is 14.8. The minimum atomic E-state index is -0.282. The fraction of sp³-hybridized carbons (Fsp3) is 0.438. The number of hydrogen-bond donors (Lipinski definition) is 2.